The molecule has 1 atom stereocenters. The second-order valence-corrected chi connectivity index (χ2v) is 11.0. The van der Waals surface area contributed by atoms with Crippen molar-refractivity contribution in [3.8, 4) is 0 Å². The molecule has 1 amide bonds. The number of sulfonamides is 1. The third kappa shape index (κ3) is 4.41. The molecule has 0 spiro atoms. The molecule has 4 rings (SSSR count). The standard InChI is InChI=1S/C23H33N5O3S/c1-17-6-5-7-21(14-17)28-13-12-26(15-18(28)2)23(29)20-8-10-27(11-9-20)32(30,31)22-16-25(4)19(3)24-22/h5-7,14,16,18,20H,8-13,15H2,1-4H3/t18-/m0/s1. The summed E-state index contributed by atoms with van der Waals surface area (Å²) >= 11 is 0. The fourth-order valence-corrected chi connectivity index (χ4v) is 6.23. The highest BCUT2D eigenvalue weighted by molar-refractivity contribution is 7.89. The van der Waals surface area contributed by atoms with Crippen molar-refractivity contribution in [1.29, 1.82) is 0 Å². The Morgan fingerprint density at radius 3 is 2.41 bits per heavy atom. The maximum Gasteiger partial charge on any atom is 0.262 e. The van der Waals surface area contributed by atoms with Crippen LogP contribution in [0.1, 0.15) is 31.2 Å². The molecule has 2 fully saturated rings. The van der Waals surface area contributed by atoms with Crippen LogP contribution in [0.3, 0.4) is 0 Å². The van der Waals surface area contributed by atoms with Crippen LogP contribution in [-0.4, -0.2) is 71.8 Å². The Bertz CT molecular complexity index is 1070. The Hall–Kier alpha value is -2.39. The van der Waals surface area contributed by atoms with E-state index in [2.05, 4.69) is 48.0 Å². The van der Waals surface area contributed by atoms with Crippen LogP contribution in [0, 0.1) is 19.8 Å². The third-order valence-corrected chi connectivity index (χ3v) is 8.54. The number of piperazine rings is 1. The minimum Gasteiger partial charge on any atom is -0.365 e. The molecule has 2 aliphatic rings. The van der Waals surface area contributed by atoms with E-state index in [9.17, 15) is 13.2 Å². The maximum absolute atomic E-state index is 13.2. The van der Waals surface area contributed by atoms with Gasteiger partial charge in [0.05, 0.1) is 0 Å². The van der Waals surface area contributed by atoms with Crippen molar-refractivity contribution in [3.63, 3.8) is 0 Å². The van der Waals surface area contributed by atoms with E-state index in [1.165, 1.54) is 15.6 Å². The molecule has 2 aliphatic heterocycles. The molecular formula is C23H33N5O3S. The fourth-order valence-electron chi connectivity index (χ4n) is 4.73. The first-order valence-corrected chi connectivity index (χ1v) is 12.7. The summed E-state index contributed by atoms with van der Waals surface area (Å²) in [7, 11) is -1.83. The molecule has 174 valence electrons. The van der Waals surface area contributed by atoms with Gasteiger partial charge in [-0.3, -0.25) is 4.79 Å². The number of hydrogen-bond donors (Lipinski definition) is 0. The van der Waals surface area contributed by atoms with Gasteiger partial charge >= 0.3 is 0 Å². The predicted molar refractivity (Wildman–Crippen MR) is 124 cm³/mol. The smallest absolute Gasteiger partial charge is 0.262 e. The van der Waals surface area contributed by atoms with Crippen molar-refractivity contribution in [2.45, 2.75) is 44.7 Å². The van der Waals surface area contributed by atoms with Gasteiger partial charge in [0.2, 0.25) is 5.91 Å². The molecule has 1 aromatic heterocycles. The van der Waals surface area contributed by atoms with Crippen molar-refractivity contribution in [2.24, 2.45) is 13.0 Å². The zero-order valence-corrected chi connectivity index (χ0v) is 20.2. The number of piperidine rings is 1. The van der Waals surface area contributed by atoms with Crippen LogP contribution in [0.15, 0.2) is 35.5 Å². The molecule has 8 nitrogen and oxygen atoms in total. The lowest BCUT2D eigenvalue weighted by molar-refractivity contribution is -0.137. The van der Waals surface area contributed by atoms with Crippen molar-refractivity contribution in [2.75, 3.05) is 37.6 Å². The van der Waals surface area contributed by atoms with Gasteiger partial charge in [0.15, 0.2) is 5.03 Å². The van der Waals surface area contributed by atoms with E-state index in [-0.39, 0.29) is 22.9 Å². The zero-order chi connectivity index (χ0) is 23.0. The molecule has 0 bridgehead atoms. The topological polar surface area (TPSA) is 78.8 Å². The van der Waals surface area contributed by atoms with E-state index in [4.69, 9.17) is 0 Å². The van der Waals surface area contributed by atoms with Crippen LogP contribution in [0.25, 0.3) is 0 Å². The van der Waals surface area contributed by atoms with Crippen molar-refractivity contribution >= 4 is 21.6 Å². The van der Waals surface area contributed by atoms with Crippen molar-refractivity contribution < 1.29 is 13.2 Å². The van der Waals surface area contributed by atoms with Crippen LogP contribution in [0.5, 0.6) is 0 Å². The molecule has 1 aromatic carbocycles. The zero-order valence-electron chi connectivity index (χ0n) is 19.4. The van der Waals surface area contributed by atoms with E-state index in [1.807, 2.05) is 4.90 Å². The van der Waals surface area contributed by atoms with Gasteiger partial charge in [-0.05, 0) is 51.3 Å². The molecule has 3 heterocycles. The van der Waals surface area contributed by atoms with Gasteiger partial charge in [-0.2, -0.15) is 4.31 Å². The van der Waals surface area contributed by atoms with Gasteiger partial charge < -0.3 is 14.4 Å². The highest BCUT2D eigenvalue weighted by atomic mass is 32.2. The number of carbonyl (C=O) groups excluding carboxylic acids is 1. The largest absolute Gasteiger partial charge is 0.365 e. The van der Waals surface area contributed by atoms with Crippen LogP contribution in [0.4, 0.5) is 5.69 Å². The number of anilines is 1. The highest BCUT2D eigenvalue weighted by Crippen LogP contribution is 2.27. The number of benzene rings is 1. The van der Waals surface area contributed by atoms with Gasteiger partial charge in [-0.25, -0.2) is 13.4 Å². The first-order chi connectivity index (χ1) is 15.2. The van der Waals surface area contributed by atoms with E-state index in [0.29, 0.717) is 44.8 Å². The number of hydrogen-bond acceptors (Lipinski definition) is 5. The lowest BCUT2D eigenvalue weighted by Crippen LogP contribution is -2.55. The molecule has 2 aromatic rings. The van der Waals surface area contributed by atoms with Crippen LogP contribution in [0.2, 0.25) is 0 Å². The van der Waals surface area contributed by atoms with Crippen LogP contribution < -0.4 is 4.90 Å². The molecular weight excluding hydrogens is 426 g/mol. The summed E-state index contributed by atoms with van der Waals surface area (Å²) in [4.78, 5) is 21.7. The van der Waals surface area contributed by atoms with Gasteiger partial charge in [0, 0.05) is 63.6 Å². The van der Waals surface area contributed by atoms with Crippen LogP contribution in [-0.2, 0) is 21.9 Å². The van der Waals surface area contributed by atoms with Gasteiger partial charge in [0.1, 0.15) is 5.82 Å². The minimum atomic E-state index is -3.62. The molecule has 0 saturated carbocycles. The molecule has 9 heteroatoms. The lowest BCUT2D eigenvalue weighted by atomic mass is 9.95. The SMILES string of the molecule is Cc1cccc(N2CCN(C(=O)C3CCN(S(=O)(=O)c4cn(C)c(C)n4)CC3)C[C@@H]2C)c1. The molecule has 2 saturated heterocycles. The number of carbonyl (C=O) groups is 1. The molecule has 0 radical (unpaired) electrons. The van der Waals surface area contributed by atoms with E-state index in [1.54, 1.807) is 24.7 Å². The van der Waals surface area contributed by atoms with Crippen molar-refractivity contribution in [3.05, 3.63) is 41.9 Å². The summed E-state index contributed by atoms with van der Waals surface area (Å²) < 4.78 is 29.0. The van der Waals surface area contributed by atoms with E-state index in [0.717, 1.165) is 6.54 Å². The van der Waals surface area contributed by atoms with E-state index >= 15 is 0 Å². The number of imidazole rings is 1. The maximum atomic E-state index is 13.2. The first-order valence-electron chi connectivity index (χ1n) is 11.3. The number of aryl methyl sites for hydroxylation is 3. The predicted octanol–water partition coefficient (Wildman–Crippen LogP) is 2.17. The number of nitrogens with zero attached hydrogens (tertiary/aromatic N) is 5. The highest BCUT2D eigenvalue weighted by Gasteiger charge is 2.36. The fraction of sp³-hybridized carbons (Fsp3) is 0.565. The quantitative estimate of drug-likeness (QED) is 0.700. The first kappa shape index (κ1) is 22.8. The van der Waals surface area contributed by atoms with Crippen molar-refractivity contribution in [1.82, 2.24) is 18.8 Å². The Balaban J connectivity index is 1.35. The summed E-state index contributed by atoms with van der Waals surface area (Å²) in [5, 5.41) is 0.0865. The minimum absolute atomic E-state index is 0.0865. The summed E-state index contributed by atoms with van der Waals surface area (Å²) in [5.74, 6) is 0.698. The Labute approximate surface area is 190 Å². The van der Waals surface area contributed by atoms with E-state index < -0.39 is 10.0 Å². The third-order valence-electron chi connectivity index (χ3n) is 6.77. The summed E-state index contributed by atoms with van der Waals surface area (Å²) in [6.45, 7) is 8.94. The Morgan fingerprint density at radius 1 is 1.09 bits per heavy atom. The Morgan fingerprint density at radius 2 is 1.81 bits per heavy atom. The summed E-state index contributed by atoms with van der Waals surface area (Å²) in [5.41, 5.74) is 2.43. The van der Waals surface area contributed by atoms with Gasteiger partial charge in [0.25, 0.3) is 10.0 Å². The number of aromatic nitrogens is 2. The van der Waals surface area contributed by atoms with Gasteiger partial charge in [-0.15, -0.1) is 0 Å². The van der Waals surface area contributed by atoms with Gasteiger partial charge in [-0.1, -0.05) is 12.1 Å². The normalized spacial score (nSPS) is 21.2. The molecule has 0 N–H and O–H groups in total. The monoisotopic (exact) mass is 459 g/mol. The second-order valence-electron chi connectivity index (χ2n) is 9.08. The number of rotatable bonds is 4. The average Bonchev–Trinajstić information content (AvgIpc) is 3.12. The summed E-state index contributed by atoms with van der Waals surface area (Å²) in [6.07, 6.45) is 2.66. The summed E-state index contributed by atoms with van der Waals surface area (Å²) in [6, 6.07) is 8.72. The molecule has 32 heavy (non-hydrogen) atoms. The lowest BCUT2D eigenvalue weighted by Gasteiger charge is -2.43. The average molecular weight is 460 g/mol. The molecule has 0 unspecified atom stereocenters. The Kier molecular flexibility index (Phi) is 6.31. The number of amides is 1. The molecule has 0 aliphatic carbocycles. The second kappa shape index (κ2) is 8.86. The van der Waals surface area contributed by atoms with Crippen LogP contribution >= 0.6 is 0 Å².